The van der Waals surface area contributed by atoms with E-state index in [1.807, 2.05) is 16.8 Å². The Kier molecular flexibility index (Phi) is 8.23. The Labute approximate surface area is 216 Å². The van der Waals surface area contributed by atoms with E-state index in [1.54, 1.807) is 13.3 Å². The number of carbonyl (C=O) groups is 1. The number of carboxylic acids is 1. The smallest absolute Gasteiger partial charge is 0.481 e. The predicted octanol–water partition coefficient (Wildman–Crippen LogP) is 4.32. The van der Waals surface area contributed by atoms with Crippen LogP contribution in [0.4, 0.5) is 13.2 Å². The van der Waals surface area contributed by atoms with Crippen LogP contribution in [0.5, 0.6) is 5.88 Å². The second-order valence-electron chi connectivity index (χ2n) is 8.66. The Bertz CT molecular complexity index is 1390. The summed E-state index contributed by atoms with van der Waals surface area (Å²) in [5, 5.41) is 16.0. The number of aryl methyl sites for hydroxylation is 1. The van der Waals surface area contributed by atoms with Gasteiger partial charge in [-0.2, -0.15) is 13.2 Å². The average Bonchev–Trinajstić information content (AvgIpc) is 3.33. The normalized spacial score (nSPS) is 16.1. The molecule has 0 aliphatic carbocycles. The number of ether oxygens (including phenoxy) is 2. The van der Waals surface area contributed by atoms with E-state index in [2.05, 4.69) is 69.6 Å². The highest BCUT2D eigenvalue weighted by Crippen LogP contribution is 2.28. The largest absolute Gasteiger partial charge is 0.490 e. The van der Waals surface area contributed by atoms with Gasteiger partial charge in [-0.1, -0.05) is 47.2 Å². The molecular weight excluding hydrogens is 503 g/mol. The molecule has 1 aliphatic rings. The van der Waals surface area contributed by atoms with Gasteiger partial charge in [-0.15, -0.1) is 5.10 Å². The Morgan fingerprint density at radius 3 is 2.55 bits per heavy atom. The number of fused-ring (bicyclic) bond motifs is 1. The van der Waals surface area contributed by atoms with Crippen LogP contribution in [0.3, 0.4) is 0 Å². The van der Waals surface area contributed by atoms with Gasteiger partial charge in [0.25, 0.3) is 0 Å². The van der Waals surface area contributed by atoms with Crippen LogP contribution in [0.1, 0.15) is 22.9 Å². The van der Waals surface area contributed by atoms with Gasteiger partial charge in [0.1, 0.15) is 11.8 Å². The number of hydrogen-bond acceptors (Lipinski definition) is 7. The second kappa shape index (κ2) is 11.6. The lowest BCUT2D eigenvalue weighted by Gasteiger charge is -2.32. The first kappa shape index (κ1) is 27.0. The van der Waals surface area contributed by atoms with Crippen molar-refractivity contribution < 1.29 is 32.5 Å². The SMILES string of the molecule is COc1ncccc1CN1CCOC(c2nnn3cc(-c4ccc(C)cc4)ccc23)C1.O=C(O)C(F)(F)F. The third-order valence-corrected chi connectivity index (χ3v) is 5.96. The molecule has 5 rings (SSSR count). The number of alkyl halides is 3. The van der Waals surface area contributed by atoms with E-state index in [0.29, 0.717) is 12.5 Å². The van der Waals surface area contributed by atoms with Gasteiger partial charge in [0.2, 0.25) is 5.88 Å². The number of hydrogen-bond donors (Lipinski definition) is 1. The van der Waals surface area contributed by atoms with Gasteiger partial charge in [0.05, 0.1) is 19.2 Å². The number of morpholine rings is 1. The molecule has 1 fully saturated rings. The number of rotatable bonds is 5. The molecule has 1 aromatic carbocycles. The van der Waals surface area contributed by atoms with Crippen molar-refractivity contribution in [2.75, 3.05) is 26.8 Å². The molecule has 1 unspecified atom stereocenters. The lowest BCUT2D eigenvalue weighted by molar-refractivity contribution is -0.192. The molecule has 1 aliphatic heterocycles. The molecule has 4 aromatic rings. The highest BCUT2D eigenvalue weighted by Gasteiger charge is 2.38. The standard InChI is InChI=1S/C24H25N5O2.C2HF3O2/c1-17-5-7-18(8-6-17)19-9-10-21-23(26-27-29(21)15-19)22-16-28(12-13-31-22)14-20-4-3-11-25-24(20)30-2;3-2(4,5)1(6)7/h3-11,15,22H,12-14,16H2,1-2H3;(H,6,7). The quantitative estimate of drug-likeness (QED) is 0.408. The average molecular weight is 530 g/mol. The van der Waals surface area contributed by atoms with Crippen molar-refractivity contribution in [1.29, 1.82) is 0 Å². The monoisotopic (exact) mass is 529 g/mol. The summed E-state index contributed by atoms with van der Waals surface area (Å²) < 4.78 is 45.1. The van der Waals surface area contributed by atoms with Gasteiger partial charge < -0.3 is 14.6 Å². The molecule has 3 aromatic heterocycles. The number of halogens is 3. The molecule has 0 bridgehead atoms. The van der Waals surface area contributed by atoms with E-state index < -0.39 is 12.1 Å². The molecule has 12 heteroatoms. The van der Waals surface area contributed by atoms with Crippen LogP contribution in [0.15, 0.2) is 60.9 Å². The molecule has 4 heterocycles. The van der Waals surface area contributed by atoms with Crippen LogP contribution in [0.2, 0.25) is 0 Å². The molecule has 1 saturated heterocycles. The van der Waals surface area contributed by atoms with E-state index >= 15 is 0 Å². The third kappa shape index (κ3) is 6.45. The minimum Gasteiger partial charge on any atom is -0.481 e. The maximum absolute atomic E-state index is 10.6. The summed E-state index contributed by atoms with van der Waals surface area (Å²) in [7, 11) is 1.65. The molecule has 0 saturated carbocycles. The van der Waals surface area contributed by atoms with Crippen molar-refractivity contribution in [3.8, 4) is 17.0 Å². The lowest BCUT2D eigenvalue weighted by atomic mass is 10.1. The number of benzene rings is 1. The fraction of sp³-hybridized carbons (Fsp3) is 0.308. The first-order valence-corrected chi connectivity index (χ1v) is 11.7. The molecule has 0 spiro atoms. The maximum atomic E-state index is 10.6. The fourth-order valence-corrected chi connectivity index (χ4v) is 4.04. The highest BCUT2D eigenvalue weighted by molar-refractivity contribution is 5.73. The van der Waals surface area contributed by atoms with Crippen molar-refractivity contribution in [2.24, 2.45) is 0 Å². The number of nitrogens with zero attached hydrogens (tertiary/aromatic N) is 5. The Morgan fingerprint density at radius 1 is 1.16 bits per heavy atom. The zero-order chi connectivity index (χ0) is 27.3. The molecule has 200 valence electrons. The summed E-state index contributed by atoms with van der Waals surface area (Å²) in [5.41, 5.74) is 6.44. The molecule has 1 N–H and O–H groups in total. The van der Waals surface area contributed by atoms with Gasteiger partial charge >= 0.3 is 12.1 Å². The highest BCUT2D eigenvalue weighted by atomic mass is 19.4. The van der Waals surface area contributed by atoms with Crippen LogP contribution in [-0.4, -0.2) is 68.8 Å². The summed E-state index contributed by atoms with van der Waals surface area (Å²) in [6.45, 7) is 5.09. The second-order valence-corrected chi connectivity index (χ2v) is 8.66. The van der Waals surface area contributed by atoms with Gasteiger partial charge in [-0.3, -0.25) is 4.90 Å². The number of carboxylic acid groups (broad SMARTS) is 1. The summed E-state index contributed by atoms with van der Waals surface area (Å²) >= 11 is 0. The molecule has 0 amide bonds. The van der Waals surface area contributed by atoms with Crippen molar-refractivity contribution in [1.82, 2.24) is 24.7 Å². The van der Waals surface area contributed by atoms with Crippen LogP contribution < -0.4 is 4.74 Å². The van der Waals surface area contributed by atoms with Gasteiger partial charge in [-0.25, -0.2) is 14.3 Å². The lowest BCUT2D eigenvalue weighted by Crippen LogP contribution is -2.38. The van der Waals surface area contributed by atoms with E-state index in [9.17, 15) is 13.2 Å². The summed E-state index contributed by atoms with van der Waals surface area (Å²) in [5.74, 6) is -2.09. The van der Waals surface area contributed by atoms with E-state index in [1.165, 1.54) is 5.56 Å². The maximum Gasteiger partial charge on any atom is 0.490 e. The molecule has 9 nitrogen and oxygen atoms in total. The van der Waals surface area contributed by atoms with Crippen LogP contribution >= 0.6 is 0 Å². The van der Waals surface area contributed by atoms with Crippen molar-refractivity contribution >= 4 is 11.5 Å². The van der Waals surface area contributed by atoms with Crippen LogP contribution in [0, 0.1) is 6.92 Å². The van der Waals surface area contributed by atoms with Gasteiger partial charge in [-0.05, 0) is 24.6 Å². The fourth-order valence-electron chi connectivity index (χ4n) is 4.04. The summed E-state index contributed by atoms with van der Waals surface area (Å²) in [6.07, 6.45) is -1.44. The Morgan fingerprint density at radius 2 is 1.87 bits per heavy atom. The number of methoxy groups -OCH3 is 1. The first-order chi connectivity index (χ1) is 18.2. The minimum absolute atomic E-state index is 0.126. The molecule has 1 atom stereocenters. The summed E-state index contributed by atoms with van der Waals surface area (Å²) in [4.78, 5) is 15.5. The zero-order valence-corrected chi connectivity index (χ0v) is 20.7. The van der Waals surface area contributed by atoms with E-state index in [0.717, 1.165) is 47.5 Å². The molecular formula is C26H26F3N5O4. The Balaban J connectivity index is 0.000000426. The minimum atomic E-state index is -5.08. The Hall–Kier alpha value is -4.03. The zero-order valence-electron chi connectivity index (χ0n) is 20.7. The van der Waals surface area contributed by atoms with Gasteiger partial charge in [0, 0.05) is 43.2 Å². The summed E-state index contributed by atoms with van der Waals surface area (Å²) in [6, 6.07) is 16.7. The topological polar surface area (TPSA) is 102 Å². The van der Waals surface area contributed by atoms with Crippen molar-refractivity contribution in [3.05, 3.63) is 77.7 Å². The molecule has 0 radical (unpaired) electrons. The van der Waals surface area contributed by atoms with Crippen molar-refractivity contribution in [2.45, 2.75) is 25.7 Å². The third-order valence-electron chi connectivity index (χ3n) is 5.96. The number of aromatic nitrogens is 4. The molecule has 38 heavy (non-hydrogen) atoms. The predicted molar refractivity (Wildman–Crippen MR) is 132 cm³/mol. The van der Waals surface area contributed by atoms with Gasteiger partial charge in [0.15, 0.2) is 0 Å². The first-order valence-electron chi connectivity index (χ1n) is 11.7. The number of aliphatic carboxylic acids is 1. The van der Waals surface area contributed by atoms with E-state index in [-0.39, 0.29) is 6.10 Å². The van der Waals surface area contributed by atoms with Crippen LogP contribution in [0.25, 0.3) is 16.6 Å². The van der Waals surface area contributed by atoms with E-state index in [4.69, 9.17) is 19.4 Å². The van der Waals surface area contributed by atoms with Crippen LogP contribution in [-0.2, 0) is 16.1 Å². The van der Waals surface area contributed by atoms with Crippen molar-refractivity contribution in [3.63, 3.8) is 0 Å². The number of pyridine rings is 2.